The van der Waals surface area contributed by atoms with Crippen molar-refractivity contribution in [2.24, 2.45) is 23.2 Å². The number of carbonyl (C=O) groups is 1. The Bertz CT molecular complexity index is 324. The van der Waals surface area contributed by atoms with Gasteiger partial charge in [-0.2, -0.15) is 0 Å². The molecule has 90 valence electrons. The molecule has 0 saturated heterocycles. The maximum atomic E-state index is 12.3. The van der Waals surface area contributed by atoms with Gasteiger partial charge in [0.15, 0.2) is 0 Å². The maximum Gasteiger partial charge on any atom is 0.139 e. The maximum absolute atomic E-state index is 12.3. The second-order valence-corrected chi connectivity index (χ2v) is 6.51. The number of hydrogen-bond donors (Lipinski definition) is 0. The lowest BCUT2D eigenvalue weighted by atomic mass is 9.66. The number of carbonyl (C=O) groups excluding carboxylic acids is 1. The average Bonchev–Trinajstić information content (AvgIpc) is 2.31. The summed E-state index contributed by atoms with van der Waals surface area (Å²) in [6.45, 7) is 9.01. The van der Waals surface area contributed by atoms with Crippen LogP contribution in [0.15, 0.2) is 11.6 Å². The Labute approximate surface area is 99.3 Å². The molecule has 0 N–H and O–H groups in total. The predicted octanol–water partition coefficient (Wildman–Crippen LogP) is 3.98. The van der Waals surface area contributed by atoms with E-state index < -0.39 is 0 Å². The largest absolute Gasteiger partial charge is 0.299 e. The summed E-state index contributed by atoms with van der Waals surface area (Å²) in [6, 6.07) is 0. The molecule has 1 saturated carbocycles. The number of ketones is 1. The lowest BCUT2D eigenvalue weighted by molar-refractivity contribution is -0.127. The molecule has 1 nitrogen and oxygen atoms in total. The van der Waals surface area contributed by atoms with Gasteiger partial charge in [-0.1, -0.05) is 32.4 Å². The highest BCUT2D eigenvalue weighted by Crippen LogP contribution is 2.47. The predicted molar refractivity (Wildman–Crippen MR) is 67.2 cm³/mol. The number of Topliss-reactive ketones (excluding diaryl/α,β-unsaturated/α-hetero) is 1. The minimum absolute atomic E-state index is 0.279. The summed E-state index contributed by atoms with van der Waals surface area (Å²) < 4.78 is 0. The molecule has 0 unspecified atom stereocenters. The van der Waals surface area contributed by atoms with Gasteiger partial charge in [0.1, 0.15) is 5.78 Å². The van der Waals surface area contributed by atoms with E-state index in [9.17, 15) is 4.79 Å². The Balaban J connectivity index is 2.37. The van der Waals surface area contributed by atoms with Gasteiger partial charge in [0, 0.05) is 11.8 Å². The van der Waals surface area contributed by atoms with Crippen LogP contribution in [0.4, 0.5) is 0 Å². The Morgan fingerprint density at radius 2 is 2.00 bits per heavy atom. The fraction of sp³-hybridized carbons (Fsp3) is 0.800. The van der Waals surface area contributed by atoms with Gasteiger partial charge in [-0.15, -0.1) is 0 Å². The molecule has 1 heteroatoms. The van der Waals surface area contributed by atoms with Crippen LogP contribution in [-0.2, 0) is 4.79 Å². The summed E-state index contributed by atoms with van der Waals surface area (Å²) in [6.07, 6.45) is 6.86. The molecule has 1 fully saturated rings. The lowest BCUT2D eigenvalue weighted by Crippen LogP contribution is -2.34. The first-order chi connectivity index (χ1) is 7.42. The lowest BCUT2D eigenvalue weighted by Gasteiger charge is -2.38. The molecule has 2 aliphatic carbocycles. The Morgan fingerprint density at radius 3 is 2.69 bits per heavy atom. The van der Waals surface area contributed by atoms with Crippen LogP contribution in [0.2, 0.25) is 0 Å². The highest BCUT2D eigenvalue weighted by Gasteiger charge is 2.43. The van der Waals surface area contributed by atoms with E-state index in [1.54, 1.807) is 0 Å². The highest BCUT2D eigenvalue weighted by atomic mass is 16.1. The molecule has 0 aromatic carbocycles. The molecule has 2 aliphatic rings. The van der Waals surface area contributed by atoms with E-state index in [4.69, 9.17) is 0 Å². The topological polar surface area (TPSA) is 17.1 Å². The summed E-state index contributed by atoms with van der Waals surface area (Å²) in [7, 11) is 0. The third-order valence-electron chi connectivity index (χ3n) is 4.72. The van der Waals surface area contributed by atoms with Crippen molar-refractivity contribution in [3.63, 3.8) is 0 Å². The molecule has 0 aliphatic heterocycles. The van der Waals surface area contributed by atoms with E-state index >= 15 is 0 Å². The molecule has 0 radical (unpaired) electrons. The van der Waals surface area contributed by atoms with E-state index in [0.717, 1.165) is 19.3 Å². The van der Waals surface area contributed by atoms with Crippen LogP contribution in [0.5, 0.6) is 0 Å². The highest BCUT2D eigenvalue weighted by molar-refractivity contribution is 5.84. The zero-order valence-electron chi connectivity index (χ0n) is 11.0. The number of rotatable bonds is 0. The fourth-order valence-corrected chi connectivity index (χ4v) is 3.42. The van der Waals surface area contributed by atoms with Crippen LogP contribution in [0.3, 0.4) is 0 Å². The van der Waals surface area contributed by atoms with Crippen molar-refractivity contribution < 1.29 is 4.79 Å². The summed E-state index contributed by atoms with van der Waals surface area (Å²) in [5.41, 5.74) is 1.78. The van der Waals surface area contributed by atoms with Gasteiger partial charge in [-0.25, -0.2) is 0 Å². The average molecular weight is 220 g/mol. The van der Waals surface area contributed by atoms with Gasteiger partial charge in [-0.3, -0.25) is 4.79 Å². The van der Waals surface area contributed by atoms with Crippen molar-refractivity contribution in [3.05, 3.63) is 11.6 Å². The minimum Gasteiger partial charge on any atom is -0.299 e. The first-order valence-corrected chi connectivity index (χ1v) is 6.63. The van der Waals surface area contributed by atoms with Gasteiger partial charge >= 0.3 is 0 Å². The molecular weight excluding hydrogens is 196 g/mol. The van der Waals surface area contributed by atoms with Crippen LogP contribution in [0, 0.1) is 23.2 Å². The van der Waals surface area contributed by atoms with Crippen LogP contribution in [-0.4, -0.2) is 5.78 Å². The second kappa shape index (κ2) is 4.01. The molecule has 0 aromatic rings. The molecule has 0 heterocycles. The van der Waals surface area contributed by atoms with E-state index in [2.05, 4.69) is 33.8 Å². The summed E-state index contributed by atoms with van der Waals surface area (Å²) in [4.78, 5) is 12.3. The van der Waals surface area contributed by atoms with E-state index in [0.29, 0.717) is 23.0 Å². The first kappa shape index (κ1) is 11.9. The van der Waals surface area contributed by atoms with Crippen molar-refractivity contribution in [1.29, 1.82) is 0 Å². The van der Waals surface area contributed by atoms with E-state index in [1.165, 1.54) is 12.0 Å². The van der Waals surface area contributed by atoms with E-state index in [1.807, 2.05) is 0 Å². The normalized spacial score (nSPS) is 38.6. The summed E-state index contributed by atoms with van der Waals surface area (Å²) >= 11 is 0. The van der Waals surface area contributed by atoms with Crippen molar-refractivity contribution in [1.82, 2.24) is 0 Å². The van der Waals surface area contributed by atoms with Gasteiger partial charge in [0.05, 0.1) is 0 Å². The standard InChI is InChI=1S/C15H24O/c1-10-5-6-12-13(9-10)15(3,4)8-7-11(2)14(12)16/h9,11-13H,5-8H2,1-4H3/t11-,12+,13-/m0/s1. The third kappa shape index (κ3) is 1.97. The quantitative estimate of drug-likeness (QED) is 0.564. The van der Waals surface area contributed by atoms with Gasteiger partial charge in [-0.05, 0) is 43.9 Å². The Hall–Kier alpha value is -0.590. The van der Waals surface area contributed by atoms with Crippen LogP contribution in [0.25, 0.3) is 0 Å². The van der Waals surface area contributed by atoms with Crippen molar-refractivity contribution in [3.8, 4) is 0 Å². The SMILES string of the molecule is CC1=C[C@H]2[C@@H](CC1)C(=O)[C@@H](C)CCC2(C)C. The molecule has 0 bridgehead atoms. The fourth-order valence-electron chi connectivity index (χ4n) is 3.42. The Morgan fingerprint density at radius 1 is 1.31 bits per heavy atom. The second-order valence-electron chi connectivity index (χ2n) is 6.51. The summed E-state index contributed by atoms with van der Waals surface area (Å²) in [5, 5.41) is 0. The molecule has 16 heavy (non-hydrogen) atoms. The molecule has 0 aromatic heterocycles. The number of hydrogen-bond acceptors (Lipinski definition) is 1. The monoisotopic (exact) mass is 220 g/mol. The van der Waals surface area contributed by atoms with Crippen molar-refractivity contribution in [2.75, 3.05) is 0 Å². The number of allylic oxidation sites excluding steroid dienone is 2. The van der Waals surface area contributed by atoms with E-state index in [-0.39, 0.29) is 5.92 Å². The zero-order chi connectivity index (χ0) is 11.9. The van der Waals surface area contributed by atoms with Gasteiger partial charge in [0.2, 0.25) is 0 Å². The van der Waals surface area contributed by atoms with Crippen molar-refractivity contribution in [2.45, 2.75) is 53.4 Å². The van der Waals surface area contributed by atoms with Crippen molar-refractivity contribution >= 4 is 5.78 Å². The molecule has 0 amide bonds. The van der Waals surface area contributed by atoms with Crippen LogP contribution >= 0.6 is 0 Å². The molecule has 3 atom stereocenters. The smallest absolute Gasteiger partial charge is 0.139 e. The summed E-state index contributed by atoms with van der Waals surface area (Å²) in [5.74, 6) is 1.59. The first-order valence-electron chi connectivity index (χ1n) is 6.63. The molecule has 2 rings (SSSR count). The third-order valence-corrected chi connectivity index (χ3v) is 4.72. The van der Waals surface area contributed by atoms with Crippen LogP contribution < -0.4 is 0 Å². The molecule has 0 spiro atoms. The van der Waals surface area contributed by atoms with Gasteiger partial charge in [0.25, 0.3) is 0 Å². The number of fused-ring (bicyclic) bond motifs is 1. The molecular formula is C15H24O. The Kier molecular flexibility index (Phi) is 2.98. The minimum atomic E-state index is 0.279. The zero-order valence-corrected chi connectivity index (χ0v) is 11.0. The van der Waals surface area contributed by atoms with Crippen LogP contribution in [0.1, 0.15) is 53.4 Å². The van der Waals surface area contributed by atoms with Gasteiger partial charge < -0.3 is 0 Å².